The van der Waals surface area contributed by atoms with Crippen LogP contribution in [0.2, 0.25) is 0 Å². The van der Waals surface area contributed by atoms with Gasteiger partial charge in [0.15, 0.2) is 0 Å². The second-order valence-corrected chi connectivity index (χ2v) is 4.64. The molecule has 1 aliphatic rings. The molecule has 19 heavy (non-hydrogen) atoms. The fourth-order valence-electron chi connectivity index (χ4n) is 2.35. The van der Waals surface area contributed by atoms with Gasteiger partial charge in [-0.25, -0.2) is 4.79 Å². The number of hydrogen-bond acceptors (Lipinski definition) is 3. The van der Waals surface area contributed by atoms with Crippen LogP contribution in [0.15, 0.2) is 30.3 Å². The lowest BCUT2D eigenvalue weighted by atomic mass is 10.2. The number of ether oxygens (including phenoxy) is 1. The van der Waals surface area contributed by atoms with E-state index in [0.717, 1.165) is 25.7 Å². The van der Waals surface area contributed by atoms with Crippen molar-refractivity contribution < 1.29 is 19.4 Å². The van der Waals surface area contributed by atoms with Gasteiger partial charge in [-0.3, -0.25) is 9.69 Å². The van der Waals surface area contributed by atoms with Crippen LogP contribution in [-0.2, 0) is 4.79 Å². The molecule has 0 bridgehead atoms. The number of benzene rings is 1. The summed E-state index contributed by atoms with van der Waals surface area (Å²) >= 11 is 0. The van der Waals surface area contributed by atoms with E-state index in [2.05, 4.69) is 0 Å². The van der Waals surface area contributed by atoms with Crippen LogP contribution >= 0.6 is 0 Å². The molecule has 1 fully saturated rings. The minimum Gasteiger partial charge on any atom is -0.480 e. The molecule has 1 aromatic rings. The van der Waals surface area contributed by atoms with E-state index in [1.54, 1.807) is 24.3 Å². The van der Waals surface area contributed by atoms with Crippen LogP contribution in [0.25, 0.3) is 0 Å². The molecule has 0 heterocycles. The predicted octanol–water partition coefficient (Wildman–Crippen LogP) is 2.51. The second-order valence-electron chi connectivity index (χ2n) is 4.64. The molecule has 5 heteroatoms. The van der Waals surface area contributed by atoms with E-state index < -0.39 is 12.1 Å². The Morgan fingerprint density at radius 2 is 1.84 bits per heavy atom. The van der Waals surface area contributed by atoms with Gasteiger partial charge in [0.25, 0.3) is 0 Å². The zero-order valence-electron chi connectivity index (χ0n) is 10.6. The number of carboxylic acid groups (broad SMARTS) is 1. The third kappa shape index (κ3) is 3.71. The Balaban J connectivity index is 2.04. The molecule has 0 atom stereocenters. The summed E-state index contributed by atoms with van der Waals surface area (Å²) in [4.78, 5) is 24.3. The van der Waals surface area contributed by atoms with Crippen molar-refractivity contribution in [1.82, 2.24) is 4.90 Å². The van der Waals surface area contributed by atoms with Gasteiger partial charge in [-0.15, -0.1) is 0 Å². The molecule has 0 spiro atoms. The van der Waals surface area contributed by atoms with Crippen LogP contribution in [0.5, 0.6) is 5.75 Å². The lowest BCUT2D eigenvalue weighted by Crippen LogP contribution is -2.43. The Hall–Kier alpha value is -2.04. The molecule has 0 unspecified atom stereocenters. The van der Waals surface area contributed by atoms with Crippen LogP contribution < -0.4 is 4.74 Å². The smallest absolute Gasteiger partial charge is 0.416 e. The number of carboxylic acids is 1. The fourth-order valence-corrected chi connectivity index (χ4v) is 2.35. The molecule has 0 saturated heterocycles. The highest BCUT2D eigenvalue weighted by molar-refractivity contribution is 5.78. The SMILES string of the molecule is O=C(O)CN(C(=O)Oc1ccccc1)C1CCCC1. The van der Waals surface area contributed by atoms with Gasteiger partial charge in [0.2, 0.25) is 0 Å². The first kappa shape index (κ1) is 13.4. The minimum atomic E-state index is -1.02. The van der Waals surface area contributed by atoms with Gasteiger partial charge in [0.1, 0.15) is 12.3 Å². The van der Waals surface area contributed by atoms with Crippen LogP contribution in [0.3, 0.4) is 0 Å². The largest absolute Gasteiger partial charge is 0.480 e. The highest BCUT2D eigenvalue weighted by Crippen LogP contribution is 2.24. The van der Waals surface area contributed by atoms with Gasteiger partial charge in [-0.05, 0) is 25.0 Å². The predicted molar refractivity (Wildman–Crippen MR) is 69.1 cm³/mol. The van der Waals surface area contributed by atoms with Crippen molar-refractivity contribution >= 4 is 12.1 Å². The first-order valence-corrected chi connectivity index (χ1v) is 6.42. The molecule has 5 nitrogen and oxygen atoms in total. The Morgan fingerprint density at radius 3 is 2.42 bits per heavy atom. The quantitative estimate of drug-likeness (QED) is 0.906. The zero-order chi connectivity index (χ0) is 13.7. The summed E-state index contributed by atoms with van der Waals surface area (Å²) in [5.41, 5.74) is 0. The zero-order valence-corrected chi connectivity index (χ0v) is 10.6. The van der Waals surface area contributed by atoms with E-state index in [-0.39, 0.29) is 12.6 Å². The topological polar surface area (TPSA) is 66.8 Å². The van der Waals surface area contributed by atoms with E-state index in [0.29, 0.717) is 5.75 Å². The summed E-state index contributed by atoms with van der Waals surface area (Å²) in [5, 5.41) is 8.91. The minimum absolute atomic E-state index is 0.0210. The number of carbonyl (C=O) groups excluding carboxylic acids is 1. The lowest BCUT2D eigenvalue weighted by molar-refractivity contribution is -0.138. The van der Waals surface area contributed by atoms with E-state index >= 15 is 0 Å². The molecule has 0 aliphatic heterocycles. The van der Waals surface area contributed by atoms with Gasteiger partial charge in [0.05, 0.1) is 0 Å². The van der Waals surface area contributed by atoms with E-state index in [9.17, 15) is 9.59 Å². The Bertz CT molecular complexity index is 440. The normalized spacial score (nSPS) is 15.2. The second kappa shape index (κ2) is 6.22. The standard InChI is InChI=1S/C14H17NO4/c16-13(17)10-15(11-6-4-5-7-11)14(18)19-12-8-2-1-3-9-12/h1-3,8-9,11H,4-7,10H2,(H,16,17). The summed E-state index contributed by atoms with van der Waals surface area (Å²) < 4.78 is 5.21. The van der Waals surface area contributed by atoms with Crippen molar-refractivity contribution in [2.45, 2.75) is 31.7 Å². The molecule has 1 N–H and O–H groups in total. The number of para-hydroxylation sites is 1. The van der Waals surface area contributed by atoms with Crippen molar-refractivity contribution in [2.24, 2.45) is 0 Å². The van der Waals surface area contributed by atoms with Crippen molar-refractivity contribution in [1.29, 1.82) is 0 Å². The maximum atomic E-state index is 12.1. The molecule has 1 saturated carbocycles. The molecule has 0 radical (unpaired) electrons. The lowest BCUT2D eigenvalue weighted by Gasteiger charge is -2.26. The van der Waals surface area contributed by atoms with Crippen molar-refractivity contribution in [2.75, 3.05) is 6.54 Å². The highest BCUT2D eigenvalue weighted by atomic mass is 16.6. The van der Waals surface area contributed by atoms with Crippen LogP contribution in [-0.4, -0.2) is 34.7 Å². The van der Waals surface area contributed by atoms with Gasteiger partial charge in [0, 0.05) is 6.04 Å². The third-order valence-corrected chi connectivity index (χ3v) is 3.25. The van der Waals surface area contributed by atoms with Gasteiger partial charge in [-0.2, -0.15) is 0 Å². The maximum Gasteiger partial charge on any atom is 0.416 e. The Morgan fingerprint density at radius 1 is 1.21 bits per heavy atom. The Kier molecular flexibility index (Phi) is 4.39. The molecule has 102 valence electrons. The monoisotopic (exact) mass is 263 g/mol. The number of rotatable bonds is 4. The molecule has 0 aromatic heterocycles. The first-order chi connectivity index (χ1) is 9.16. The third-order valence-electron chi connectivity index (χ3n) is 3.25. The number of hydrogen-bond donors (Lipinski definition) is 1. The van der Waals surface area contributed by atoms with Crippen molar-refractivity contribution in [3.63, 3.8) is 0 Å². The van der Waals surface area contributed by atoms with Crippen LogP contribution in [0.1, 0.15) is 25.7 Å². The molecule has 2 rings (SSSR count). The molecule has 1 amide bonds. The van der Waals surface area contributed by atoms with Crippen LogP contribution in [0, 0.1) is 0 Å². The number of nitrogens with zero attached hydrogens (tertiary/aromatic N) is 1. The summed E-state index contributed by atoms with van der Waals surface area (Å²) in [7, 11) is 0. The summed E-state index contributed by atoms with van der Waals surface area (Å²) in [5.74, 6) is -0.585. The average Bonchev–Trinajstić information content (AvgIpc) is 2.90. The number of aliphatic carboxylic acids is 1. The van der Waals surface area contributed by atoms with Gasteiger partial charge in [-0.1, -0.05) is 31.0 Å². The summed E-state index contributed by atoms with van der Waals surface area (Å²) in [6.45, 7) is -0.309. The Labute approximate surface area is 111 Å². The molecular weight excluding hydrogens is 246 g/mol. The number of amides is 1. The van der Waals surface area contributed by atoms with Crippen molar-refractivity contribution in [3.8, 4) is 5.75 Å². The summed E-state index contributed by atoms with van der Waals surface area (Å²) in [6, 6.07) is 8.67. The van der Waals surface area contributed by atoms with E-state index in [1.807, 2.05) is 6.07 Å². The molecule has 1 aromatic carbocycles. The average molecular weight is 263 g/mol. The molecule has 1 aliphatic carbocycles. The summed E-state index contributed by atoms with van der Waals surface area (Å²) in [6.07, 6.45) is 3.16. The highest BCUT2D eigenvalue weighted by Gasteiger charge is 2.29. The maximum absolute atomic E-state index is 12.1. The van der Waals surface area contributed by atoms with E-state index in [1.165, 1.54) is 4.90 Å². The number of carbonyl (C=O) groups is 2. The van der Waals surface area contributed by atoms with Gasteiger partial charge >= 0.3 is 12.1 Å². The van der Waals surface area contributed by atoms with Crippen LogP contribution in [0.4, 0.5) is 4.79 Å². The van der Waals surface area contributed by atoms with Crippen molar-refractivity contribution in [3.05, 3.63) is 30.3 Å². The molecular formula is C14H17NO4. The first-order valence-electron chi connectivity index (χ1n) is 6.42. The van der Waals surface area contributed by atoms with E-state index in [4.69, 9.17) is 9.84 Å². The fraction of sp³-hybridized carbons (Fsp3) is 0.429. The van der Waals surface area contributed by atoms with Gasteiger partial charge < -0.3 is 9.84 Å².